The van der Waals surface area contributed by atoms with E-state index in [0.717, 1.165) is 29.4 Å². The Bertz CT molecular complexity index is 2020. The van der Waals surface area contributed by atoms with Crippen LogP contribution in [-0.2, 0) is 50.7 Å². The Morgan fingerprint density at radius 1 is 1.07 bits per heavy atom. The zero-order valence-electron chi connectivity index (χ0n) is 30.9. The molecule has 0 bridgehead atoms. The van der Waals surface area contributed by atoms with Gasteiger partial charge in [-0.25, -0.2) is 28.6 Å². The maximum absolute atomic E-state index is 12.7. The van der Waals surface area contributed by atoms with Crippen LogP contribution in [0.5, 0.6) is 0 Å². The van der Waals surface area contributed by atoms with E-state index in [0.29, 0.717) is 11.8 Å². The molecule has 31 heteroatoms. The highest BCUT2D eigenvalue weighted by Crippen LogP contribution is 2.61. The molecule has 0 spiro atoms. The molecule has 0 saturated carbocycles. The third kappa shape index (κ3) is 13.3. The summed E-state index contributed by atoms with van der Waals surface area (Å²) in [6, 6.07) is 0. The zero-order chi connectivity index (χ0) is 44.1. The number of aliphatic hydroxyl groups excluding tert-OH is 4. The molecule has 3 heterocycles. The highest BCUT2D eigenvalue weighted by Gasteiger charge is 2.50. The Morgan fingerprint density at radius 3 is 2.41 bits per heavy atom. The number of carbonyl (C=O) groups excluding carboxylic acids is 3. The summed E-state index contributed by atoms with van der Waals surface area (Å²) in [5, 5.41) is 55.1. The number of phosphoric ester groups is 3. The lowest BCUT2D eigenvalue weighted by molar-refractivity contribution is -0.137. The van der Waals surface area contributed by atoms with Gasteiger partial charge in [-0.15, -0.1) is 0 Å². The van der Waals surface area contributed by atoms with Gasteiger partial charge in [0.2, 0.25) is 16.9 Å². The van der Waals surface area contributed by atoms with Crippen molar-refractivity contribution in [1.29, 1.82) is 0 Å². The lowest BCUT2D eigenvalue weighted by Crippen LogP contribution is -2.46. The number of aliphatic hydroxyl groups is 5. The summed E-state index contributed by atoms with van der Waals surface area (Å²) in [6.07, 6.45) is -7.94. The fraction of sp³-hybridized carbons (Fsp3) is 0.643. The van der Waals surface area contributed by atoms with Crippen LogP contribution in [0.25, 0.3) is 11.2 Å². The quantitative estimate of drug-likeness (QED) is 0.0359. The van der Waals surface area contributed by atoms with E-state index >= 15 is 0 Å². The van der Waals surface area contributed by atoms with Gasteiger partial charge in [-0.1, -0.05) is 31.7 Å². The molecule has 1 aliphatic heterocycles. The molecule has 10 unspecified atom stereocenters. The van der Waals surface area contributed by atoms with Crippen LogP contribution >= 0.6 is 35.2 Å². The average Bonchev–Trinajstić information content (AvgIpc) is 3.69. The molecule has 1 saturated heterocycles. The number of hydrogen-bond donors (Lipinski definition) is 12. The Balaban J connectivity index is 1.22. The average molecular weight is 924 g/mol. The number of rotatable bonds is 20. The summed E-state index contributed by atoms with van der Waals surface area (Å²) in [5.41, 5.74) is 2.19. The standard InChI is InChI=1S/C28H44N7O20P3S/c1-27(2,21(40)24(41)31-6-4-17(38)30-7-8-59-26(42)28(43)5-3-14(36)15(37)9-28)11-52-58(49,50)55-57(47,48)51-10-16-20(54-56(44,45)46)19(39)25(53-16)35-13-34-18-22(29)32-12-33-23(18)35/h3,5,12-16,19-21,25,36-37,39-40,43H,4,6-11H2,1-2H3,(H,30,38)(H,31,41)(H,47,48)(H,49,50)(H2,29,32,33)(H2,44,45,46). The van der Waals surface area contributed by atoms with E-state index in [1.807, 2.05) is 0 Å². The minimum absolute atomic E-state index is 0.0153. The van der Waals surface area contributed by atoms with Crippen molar-refractivity contribution in [2.75, 3.05) is 37.8 Å². The van der Waals surface area contributed by atoms with Crippen LogP contribution in [-0.4, -0.2) is 156 Å². The number of nitrogen functional groups attached to an aromatic ring is 1. The second-order valence-electron chi connectivity index (χ2n) is 13.8. The SMILES string of the molecule is CC(C)(COP(=O)(O)OP(=O)(O)OCC1OC(n2cnc3c(N)ncnc32)C(O)C1OP(=O)(O)O)C(O)C(=O)NCCC(=O)NCCSC(=O)C1(O)C=CC(O)C(O)C1. The first-order valence-corrected chi connectivity index (χ1v) is 22.6. The molecule has 332 valence electrons. The number of ether oxygens (including phenoxy) is 1. The Kier molecular flexibility index (Phi) is 16.1. The summed E-state index contributed by atoms with van der Waals surface area (Å²) in [4.78, 5) is 88.0. The Morgan fingerprint density at radius 2 is 1.75 bits per heavy atom. The van der Waals surface area contributed by atoms with Crippen LogP contribution in [0, 0.1) is 5.41 Å². The van der Waals surface area contributed by atoms with E-state index in [9.17, 15) is 73.2 Å². The van der Waals surface area contributed by atoms with Crippen LogP contribution < -0.4 is 16.4 Å². The van der Waals surface area contributed by atoms with Crippen LogP contribution in [0.4, 0.5) is 5.82 Å². The summed E-state index contributed by atoms with van der Waals surface area (Å²) < 4.78 is 62.0. The van der Waals surface area contributed by atoms with Gasteiger partial charge in [-0.2, -0.15) is 4.31 Å². The fourth-order valence-electron chi connectivity index (χ4n) is 5.44. The summed E-state index contributed by atoms with van der Waals surface area (Å²) >= 11 is 0.685. The molecule has 4 rings (SSSR count). The third-order valence-electron chi connectivity index (χ3n) is 8.57. The van der Waals surface area contributed by atoms with Crippen molar-refractivity contribution in [1.82, 2.24) is 30.2 Å². The van der Waals surface area contributed by atoms with Crippen molar-refractivity contribution in [3.8, 4) is 0 Å². The minimum atomic E-state index is -5.60. The number of aromatic nitrogens is 4. The third-order valence-corrected chi connectivity index (χ3v) is 12.7. The molecule has 2 aromatic heterocycles. The van der Waals surface area contributed by atoms with Gasteiger partial charge in [0.1, 0.15) is 36.3 Å². The number of imidazole rings is 1. The maximum Gasteiger partial charge on any atom is 0.481 e. The number of carbonyl (C=O) groups is 3. The monoisotopic (exact) mass is 923 g/mol. The molecular weight excluding hydrogens is 879 g/mol. The van der Waals surface area contributed by atoms with Gasteiger partial charge >= 0.3 is 23.5 Å². The molecule has 2 aliphatic rings. The van der Waals surface area contributed by atoms with Gasteiger partial charge in [-0.05, 0) is 6.08 Å². The molecule has 0 aromatic carbocycles. The van der Waals surface area contributed by atoms with E-state index in [-0.39, 0.29) is 42.2 Å². The van der Waals surface area contributed by atoms with E-state index in [1.54, 1.807) is 0 Å². The number of nitrogens with one attached hydrogen (secondary N) is 2. The number of thioether (sulfide) groups is 1. The van der Waals surface area contributed by atoms with Crippen LogP contribution in [0.3, 0.4) is 0 Å². The van der Waals surface area contributed by atoms with Crippen LogP contribution in [0.1, 0.15) is 32.9 Å². The van der Waals surface area contributed by atoms with Crippen molar-refractivity contribution in [2.24, 2.45) is 5.41 Å². The topological polar surface area (TPSA) is 424 Å². The van der Waals surface area contributed by atoms with Crippen LogP contribution in [0.2, 0.25) is 0 Å². The first-order chi connectivity index (χ1) is 27.2. The Labute approximate surface area is 337 Å². The number of phosphoric acid groups is 3. The predicted molar refractivity (Wildman–Crippen MR) is 198 cm³/mol. The number of nitrogens with zero attached hydrogens (tertiary/aromatic N) is 4. The number of amides is 2. The highest BCUT2D eigenvalue weighted by atomic mass is 32.2. The minimum Gasteiger partial charge on any atom is -0.390 e. The largest absolute Gasteiger partial charge is 0.481 e. The zero-order valence-corrected chi connectivity index (χ0v) is 34.4. The van der Waals surface area contributed by atoms with Crippen molar-refractivity contribution in [3.05, 3.63) is 24.8 Å². The van der Waals surface area contributed by atoms with Gasteiger partial charge in [-0.3, -0.25) is 32.5 Å². The second kappa shape index (κ2) is 19.5. The van der Waals surface area contributed by atoms with Gasteiger partial charge in [0.25, 0.3) is 0 Å². The van der Waals surface area contributed by atoms with Crippen molar-refractivity contribution >= 4 is 69.1 Å². The fourth-order valence-corrected chi connectivity index (χ4v) is 9.06. The van der Waals surface area contributed by atoms with Crippen molar-refractivity contribution < 1.29 is 95.8 Å². The first-order valence-electron chi connectivity index (χ1n) is 17.1. The van der Waals surface area contributed by atoms with Gasteiger partial charge in [0.05, 0.1) is 31.7 Å². The molecular formula is C28H44N7O20P3S. The van der Waals surface area contributed by atoms with E-state index in [1.165, 1.54) is 13.8 Å². The van der Waals surface area contributed by atoms with Gasteiger partial charge in [0.15, 0.2) is 23.3 Å². The highest BCUT2D eigenvalue weighted by molar-refractivity contribution is 8.13. The molecule has 59 heavy (non-hydrogen) atoms. The molecule has 0 radical (unpaired) electrons. The Hall–Kier alpha value is -2.82. The lowest BCUT2D eigenvalue weighted by Gasteiger charge is -2.31. The lowest BCUT2D eigenvalue weighted by atomic mass is 9.87. The van der Waals surface area contributed by atoms with Gasteiger partial charge in [0, 0.05) is 37.1 Å². The van der Waals surface area contributed by atoms with E-state index < -0.39 is 114 Å². The normalized spacial score (nSPS) is 27.5. The molecule has 13 N–H and O–H groups in total. The summed E-state index contributed by atoms with van der Waals surface area (Å²) in [6.45, 7) is 0.0381. The molecule has 2 amide bonds. The maximum atomic E-state index is 12.7. The second-order valence-corrected chi connectivity index (χ2v) is 19.1. The molecule has 2 aromatic rings. The predicted octanol–water partition coefficient (Wildman–Crippen LogP) is -2.92. The molecule has 1 aliphatic carbocycles. The van der Waals surface area contributed by atoms with Crippen molar-refractivity contribution in [2.45, 2.75) is 75.1 Å². The van der Waals surface area contributed by atoms with Crippen molar-refractivity contribution in [3.63, 3.8) is 0 Å². The number of hydrogen-bond acceptors (Lipinski definition) is 21. The molecule has 10 atom stereocenters. The summed E-state index contributed by atoms with van der Waals surface area (Å²) in [7, 11) is -16.5. The number of nitrogens with two attached hydrogens (primary N) is 1. The van der Waals surface area contributed by atoms with E-state index in [2.05, 4.69) is 34.4 Å². The molecule has 27 nitrogen and oxygen atoms in total. The molecule has 1 fully saturated rings. The van der Waals surface area contributed by atoms with E-state index in [4.69, 9.17) is 19.5 Å². The number of fused-ring (bicyclic) bond motifs is 1. The first kappa shape index (κ1) is 48.8. The van der Waals surface area contributed by atoms with Crippen LogP contribution in [0.15, 0.2) is 24.8 Å². The summed E-state index contributed by atoms with van der Waals surface area (Å²) in [5.74, 6) is -1.62. The smallest absolute Gasteiger partial charge is 0.390 e. The number of anilines is 1. The van der Waals surface area contributed by atoms with Gasteiger partial charge < -0.3 is 66.2 Å².